The van der Waals surface area contributed by atoms with Crippen molar-refractivity contribution in [2.24, 2.45) is 0 Å². The van der Waals surface area contributed by atoms with Gasteiger partial charge < -0.3 is 19.5 Å². The third kappa shape index (κ3) is 2.32. The molecular formula is C13H18BrN3O2. The summed E-state index contributed by atoms with van der Waals surface area (Å²) in [6.45, 7) is 5.81. The molecule has 0 aromatic carbocycles. The molecule has 2 saturated heterocycles. The average Bonchev–Trinajstić information content (AvgIpc) is 3.03. The number of fused-ring (bicyclic) bond motifs is 1. The van der Waals surface area contributed by atoms with Crippen LogP contribution in [0.2, 0.25) is 0 Å². The van der Waals surface area contributed by atoms with E-state index in [9.17, 15) is 4.79 Å². The van der Waals surface area contributed by atoms with Gasteiger partial charge >= 0.3 is 0 Å². The average molecular weight is 328 g/mol. The van der Waals surface area contributed by atoms with Gasteiger partial charge in [-0.1, -0.05) is 0 Å². The van der Waals surface area contributed by atoms with Crippen molar-refractivity contribution in [2.75, 3.05) is 26.2 Å². The molecule has 3 heterocycles. The van der Waals surface area contributed by atoms with Crippen LogP contribution in [0.1, 0.15) is 17.4 Å². The quantitative estimate of drug-likeness (QED) is 0.884. The first kappa shape index (κ1) is 13.1. The lowest BCUT2D eigenvalue weighted by Crippen LogP contribution is -2.53. The first-order chi connectivity index (χ1) is 9.20. The molecule has 6 heteroatoms. The zero-order valence-corrected chi connectivity index (χ0v) is 12.5. The highest BCUT2D eigenvalue weighted by atomic mass is 79.9. The molecule has 0 saturated carbocycles. The molecule has 0 bridgehead atoms. The van der Waals surface area contributed by atoms with Gasteiger partial charge in [0.15, 0.2) is 0 Å². The Morgan fingerprint density at radius 2 is 2.42 bits per heavy atom. The van der Waals surface area contributed by atoms with E-state index in [0.29, 0.717) is 13.2 Å². The standard InChI is InChI=1S/C13H18BrN3O2/c1-2-16-8-9(14)5-10(16)13(18)17-3-4-19-12-7-15-6-11(12)17/h5,8,11-12,15H,2-4,6-7H2,1H3/t11-,12+/m1/s1. The number of aromatic nitrogens is 1. The summed E-state index contributed by atoms with van der Waals surface area (Å²) in [5.41, 5.74) is 0.752. The van der Waals surface area contributed by atoms with E-state index in [1.807, 2.05) is 28.7 Å². The SMILES string of the molecule is CCn1cc(Br)cc1C(=O)N1CCO[C@H]2CNC[C@H]21. The molecule has 0 radical (unpaired) electrons. The minimum Gasteiger partial charge on any atom is -0.373 e. The molecule has 1 aromatic heterocycles. The Morgan fingerprint density at radius 3 is 3.21 bits per heavy atom. The molecule has 2 atom stereocenters. The molecular weight excluding hydrogens is 310 g/mol. The van der Waals surface area contributed by atoms with Crippen LogP contribution in [0.3, 0.4) is 0 Å². The van der Waals surface area contributed by atoms with Gasteiger partial charge in [0.05, 0.1) is 18.8 Å². The molecule has 3 rings (SSSR count). The summed E-state index contributed by atoms with van der Waals surface area (Å²) in [4.78, 5) is 14.7. The Kier molecular flexibility index (Phi) is 3.64. The summed E-state index contributed by atoms with van der Waals surface area (Å²) >= 11 is 3.44. The summed E-state index contributed by atoms with van der Waals surface area (Å²) < 4.78 is 8.64. The Morgan fingerprint density at radius 1 is 1.58 bits per heavy atom. The van der Waals surface area contributed by atoms with Gasteiger partial charge in [-0.2, -0.15) is 0 Å². The lowest BCUT2D eigenvalue weighted by molar-refractivity contribution is -0.0368. The van der Waals surface area contributed by atoms with Crippen molar-refractivity contribution in [1.82, 2.24) is 14.8 Å². The Bertz CT molecular complexity index is 488. The van der Waals surface area contributed by atoms with Gasteiger partial charge in [0.1, 0.15) is 5.69 Å². The Labute approximate surface area is 121 Å². The van der Waals surface area contributed by atoms with Gasteiger partial charge in [0.2, 0.25) is 0 Å². The van der Waals surface area contributed by atoms with Crippen molar-refractivity contribution in [3.05, 3.63) is 22.4 Å². The normalized spacial score (nSPS) is 26.5. The fourth-order valence-corrected chi connectivity index (χ4v) is 3.37. The van der Waals surface area contributed by atoms with Crippen LogP contribution in [0.4, 0.5) is 0 Å². The number of rotatable bonds is 2. The van der Waals surface area contributed by atoms with Crippen LogP contribution < -0.4 is 5.32 Å². The number of aryl methyl sites for hydroxylation is 1. The molecule has 2 aliphatic heterocycles. The van der Waals surface area contributed by atoms with Crippen LogP contribution in [0.15, 0.2) is 16.7 Å². The monoisotopic (exact) mass is 327 g/mol. The van der Waals surface area contributed by atoms with Crippen LogP contribution in [-0.4, -0.2) is 53.8 Å². The third-order valence-electron chi connectivity index (χ3n) is 3.88. The minimum absolute atomic E-state index is 0.106. The van der Waals surface area contributed by atoms with E-state index in [0.717, 1.165) is 29.8 Å². The number of carbonyl (C=O) groups excluding carboxylic acids is 1. The van der Waals surface area contributed by atoms with E-state index in [4.69, 9.17) is 4.74 Å². The van der Waals surface area contributed by atoms with Crippen molar-refractivity contribution in [3.8, 4) is 0 Å². The fraction of sp³-hybridized carbons (Fsp3) is 0.615. The van der Waals surface area contributed by atoms with Crippen LogP contribution in [-0.2, 0) is 11.3 Å². The maximum atomic E-state index is 12.7. The maximum Gasteiger partial charge on any atom is 0.270 e. The molecule has 5 nitrogen and oxygen atoms in total. The van der Waals surface area contributed by atoms with Gasteiger partial charge in [0.25, 0.3) is 5.91 Å². The number of halogens is 1. The highest BCUT2D eigenvalue weighted by molar-refractivity contribution is 9.10. The molecule has 1 aromatic rings. The highest BCUT2D eigenvalue weighted by Gasteiger charge is 2.39. The molecule has 0 unspecified atom stereocenters. The molecule has 19 heavy (non-hydrogen) atoms. The number of hydrogen-bond donors (Lipinski definition) is 1. The van der Waals surface area contributed by atoms with Crippen molar-refractivity contribution in [1.29, 1.82) is 0 Å². The Hall–Kier alpha value is -0.850. The molecule has 1 N–H and O–H groups in total. The zero-order valence-electron chi connectivity index (χ0n) is 10.9. The summed E-state index contributed by atoms with van der Waals surface area (Å²) in [6.07, 6.45) is 2.10. The van der Waals surface area contributed by atoms with Crippen LogP contribution in [0, 0.1) is 0 Å². The van der Waals surface area contributed by atoms with Crippen molar-refractivity contribution < 1.29 is 9.53 Å². The van der Waals surface area contributed by atoms with Gasteiger partial charge in [-0.25, -0.2) is 0 Å². The number of amides is 1. The first-order valence-corrected chi connectivity index (χ1v) is 7.49. The summed E-state index contributed by atoms with van der Waals surface area (Å²) in [7, 11) is 0. The number of ether oxygens (including phenoxy) is 1. The Balaban J connectivity index is 1.86. The number of carbonyl (C=O) groups is 1. The van der Waals surface area contributed by atoms with Crippen molar-refractivity contribution >= 4 is 21.8 Å². The smallest absolute Gasteiger partial charge is 0.270 e. The van der Waals surface area contributed by atoms with Crippen LogP contribution in [0.25, 0.3) is 0 Å². The largest absolute Gasteiger partial charge is 0.373 e. The molecule has 0 aliphatic carbocycles. The van der Waals surface area contributed by atoms with Gasteiger partial charge in [0, 0.05) is 36.8 Å². The number of nitrogens with zero attached hydrogens (tertiary/aromatic N) is 2. The number of nitrogens with one attached hydrogen (secondary N) is 1. The molecule has 0 spiro atoms. The summed E-state index contributed by atoms with van der Waals surface area (Å²) in [5, 5.41) is 3.30. The zero-order chi connectivity index (χ0) is 13.4. The van der Waals surface area contributed by atoms with Crippen LogP contribution in [0.5, 0.6) is 0 Å². The van der Waals surface area contributed by atoms with Crippen LogP contribution >= 0.6 is 15.9 Å². The van der Waals surface area contributed by atoms with Crippen molar-refractivity contribution in [2.45, 2.75) is 25.6 Å². The maximum absolute atomic E-state index is 12.7. The van der Waals surface area contributed by atoms with Crippen molar-refractivity contribution in [3.63, 3.8) is 0 Å². The van der Waals surface area contributed by atoms with E-state index in [1.54, 1.807) is 0 Å². The highest BCUT2D eigenvalue weighted by Crippen LogP contribution is 2.22. The molecule has 2 fully saturated rings. The van der Waals surface area contributed by atoms with E-state index in [1.165, 1.54) is 0 Å². The lowest BCUT2D eigenvalue weighted by Gasteiger charge is -2.37. The predicted octanol–water partition coefficient (Wildman–Crippen LogP) is 1.08. The molecule has 104 valence electrons. The van der Waals surface area contributed by atoms with Gasteiger partial charge in [-0.3, -0.25) is 4.79 Å². The number of morpholine rings is 1. The fourth-order valence-electron chi connectivity index (χ4n) is 2.90. The minimum atomic E-state index is 0.106. The van der Waals surface area contributed by atoms with E-state index in [2.05, 4.69) is 21.2 Å². The first-order valence-electron chi connectivity index (χ1n) is 6.69. The lowest BCUT2D eigenvalue weighted by atomic mass is 10.1. The van der Waals surface area contributed by atoms with E-state index < -0.39 is 0 Å². The van der Waals surface area contributed by atoms with Gasteiger partial charge in [-0.15, -0.1) is 0 Å². The van der Waals surface area contributed by atoms with Gasteiger partial charge in [-0.05, 0) is 28.9 Å². The second kappa shape index (κ2) is 5.26. The number of hydrogen-bond acceptors (Lipinski definition) is 3. The predicted molar refractivity (Wildman–Crippen MR) is 75.2 cm³/mol. The van der Waals surface area contributed by atoms with E-state index >= 15 is 0 Å². The molecule has 2 aliphatic rings. The second-order valence-electron chi connectivity index (χ2n) is 4.96. The third-order valence-corrected chi connectivity index (χ3v) is 4.31. The topological polar surface area (TPSA) is 46.5 Å². The summed E-state index contributed by atoms with van der Waals surface area (Å²) in [5.74, 6) is 0.106. The van der Waals surface area contributed by atoms with E-state index in [-0.39, 0.29) is 18.1 Å². The molecule has 1 amide bonds. The second-order valence-corrected chi connectivity index (χ2v) is 5.88. The summed E-state index contributed by atoms with van der Waals surface area (Å²) in [6, 6.07) is 2.07.